The Morgan fingerprint density at radius 1 is 1.45 bits per heavy atom. The highest BCUT2D eigenvalue weighted by Gasteiger charge is 2.38. The fourth-order valence-electron chi connectivity index (χ4n) is 2.44. The van der Waals surface area contributed by atoms with E-state index in [1.807, 2.05) is 19.9 Å². The maximum Gasteiger partial charge on any atom is 0.155 e. The fourth-order valence-corrected chi connectivity index (χ4v) is 4.29. The first kappa shape index (κ1) is 14.8. The lowest BCUT2D eigenvalue weighted by Crippen LogP contribution is -2.34. The molecule has 0 bridgehead atoms. The van der Waals surface area contributed by atoms with E-state index in [9.17, 15) is 13.7 Å². The highest BCUT2D eigenvalue weighted by molar-refractivity contribution is 7.91. The van der Waals surface area contributed by atoms with Crippen LogP contribution in [0.3, 0.4) is 0 Å². The number of sulfone groups is 1. The minimum Gasteiger partial charge on any atom is -0.378 e. The maximum absolute atomic E-state index is 11.7. The molecule has 1 aliphatic rings. The number of aromatic nitrogens is 1. The van der Waals surface area contributed by atoms with Gasteiger partial charge in [-0.1, -0.05) is 0 Å². The van der Waals surface area contributed by atoms with Gasteiger partial charge in [0.05, 0.1) is 29.2 Å². The Morgan fingerprint density at radius 2 is 2.15 bits per heavy atom. The molecule has 0 saturated carbocycles. The average molecular weight is 295 g/mol. The van der Waals surface area contributed by atoms with Crippen molar-refractivity contribution in [3.8, 4) is 6.07 Å². The Balaban J connectivity index is 2.33. The van der Waals surface area contributed by atoms with Crippen LogP contribution >= 0.6 is 0 Å². The van der Waals surface area contributed by atoms with Crippen molar-refractivity contribution in [2.75, 3.05) is 23.9 Å². The third-order valence-electron chi connectivity index (χ3n) is 3.38. The van der Waals surface area contributed by atoms with Gasteiger partial charge in [0, 0.05) is 12.8 Å². The van der Waals surface area contributed by atoms with E-state index in [1.165, 1.54) is 7.11 Å². The molecule has 0 spiro atoms. The first-order chi connectivity index (χ1) is 9.36. The van der Waals surface area contributed by atoms with Gasteiger partial charge in [-0.05, 0) is 25.5 Å². The Bertz CT molecular complexity index is 664. The van der Waals surface area contributed by atoms with E-state index in [-0.39, 0.29) is 17.5 Å². The average Bonchev–Trinajstić information content (AvgIpc) is 2.63. The highest BCUT2D eigenvalue weighted by atomic mass is 32.2. The van der Waals surface area contributed by atoms with Gasteiger partial charge in [-0.3, -0.25) is 0 Å². The number of nitriles is 1. The Morgan fingerprint density at radius 3 is 2.75 bits per heavy atom. The van der Waals surface area contributed by atoms with Crippen molar-refractivity contribution < 1.29 is 13.2 Å². The van der Waals surface area contributed by atoms with Gasteiger partial charge < -0.3 is 10.1 Å². The second-order valence-corrected chi connectivity index (χ2v) is 7.17. The highest BCUT2D eigenvalue weighted by Crippen LogP contribution is 2.23. The zero-order valence-electron chi connectivity index (χ0n) is 11.7. The van der Waals surface area contributed by atoms with Gasteiger partial charge in [0.15, 0.2) is 9.84 Å². The summed E-state index contributed by atoms with van der Waals surface area (Å²) in [5.41, 5.74) is 2.03. The molecule has 2 atom stereocenters. The second kappa shape index (κ2) is 5.38. The molecule has 0 radical (unpaired) electrons. The third kappa shape index (κ3) is 2.92. The lowest BCUT2D eigenvalue weighted by molar-refractivity contribution is 0.115. The molecule has 2 heterocycles. The Labute approximate surface area is 118 Å². The molecule has 1 saturated heterocycles. The molecule has 6 nitrogen and oxygen atoms in total. The molecule has 0 amide bonds. The second-order valence-electron chi connectivity index (χ2n) is 5.02. The number of nitrogens with one attached hydrogen (secondary N) is 1. The lowest BCUT2D eigenvalue weighted by Gasteiger charge is -2.20. The summed E-state index contributed by atoms with van der Waals surface area (Å²) < 4.78 is 28.6. The smallest absolute Gasteiger partial charge is 0.155 e. The van der Waals surface area contributed by atoms with Crippen LogP contribution in [-0.2, 0) is 14.6 Å². The summed E-state index contributed by atoms with van der Waals surface area (Å²) in [7, 11) is -1.63. The zero-order chi connectivity index (χ0) is 14.9. The van der Waals surface area contributed by atoms with Crippen molar-refractivity contribution in [2.24, 2.45) is 0 Å². The number of pyridine rings is 1. The van der Waals surface area contributed by atoms with E-state index in [4.69, 9.17) is 4.74 Å². The lowest BCUT2D eigenvalue weighted by atomic mass is 10.1. The van der Waals surface area contributed by atoms with Gasteiger partial charge in [-0.15, -0.1) is 0 Å². The van der Waals surface area contributed by atoms with Crippen LogP contribution in [0.15, 0.2) is 6.07 Å². The van der Waals surface area contributed by atoms with Gasteiger partial charge >= 0.3 is 0 Å². The van der Waals surface area contributed by atoms with Gasteiger partial charge in [-0.25, -0.2) is 13.4 Å². The van der Waals surface area contributed by atoms with Crippen molar-refractivity contribution in [3.63, 3.8) is 0 Å². The van der Waals surface area contributed by atoms with E-state index in [0.29, 0.717) is 11.4 Å². The number of hydrogen-bond donors (Lipinski definition) is 1. The van der Waals surface area contributed by atoms with E-state index in [2.05, 4.69) is 16.4 Å². The summed E-state index contributed by atoms with van der Waals surface area (Å²) in [5.74, 6) is 0.410. The number of aryl methyl sites for hydroxylation is 2. The van der Waals surface area contributed by atoms with Crippen molar-refractivity contribution in [1.82, 2.24) is 4.98 Å². The fraction of sp³-hybridized carbons (Fsp3) is 0.538. The zero-order valence-corrected chi connectivity index (χ0v) is 12.5. The van der Waals surface area contributed by atoms with Crippen LogP contribution in [0.4, 0.5) is 5.82 Å². The molecule has 7 heteroatoms. The van der Waals surface area contributed by atoms with Crippen LogP contribution in [0.25, 0.3) is 0 Å². The molecule has 0 aromatic carbocycles. The molecule has 20 heavy (non-hydrogen) atoms. The standard InChI is InChI=1S/C13H17N3O3S/c1-8-4-9(2)15-13(10(8)5-14)16-11-6-20(17,18)7-12(11)19-3/h4,11-12H,6-7H2,1-3H3,(H,15,16)/t11-,12-/m1/s1. The molecule has 1 N–H and O–H groups in total. The summed E-state index contributed by atoms with van der Waals surface area (Å²) in [6.07, 6.45) is -0.422. The molecule has 108 valence electrons. The monoisotopic (exact) mass is 295 g/mol. The minimum absolute atomic E-state index is 0.00610. The van der Waals surface area contributed by atoms with Crippen LogP contribution < -0.4 is 5.32 Å². The number of nitrogens with zero attached hydrogens (tertiary/aromatic N) is 2. The molecule has 1 aromatic rings. The van der Waals surface area contributed by atoms with Crippen molar-refractivity contribution in [2.45, 2.75) is 26.0 Å². The summed E-state index contributed by atoms with van der Waals surface area (Å²) in [4.78, 5) is 4.30. The van der Waals surface area contributed by atoms with Crippen molar-refractivity contribution in [1.29, 1.82) is 5.26 Å². The van der Waals surface area contributed by atoms with Crippen LogP contribution in [0.1, 0.15) is 16.8 Å². The van der Waals surface area contributed by atoms with Crippen LogP contribution in [0.2, 0.25) is 0 Å². The number of hydrogen-bond acceptors (Lipinski definition) is 6. The van der Waals surface area contributed by atoms with Gasteiger partial charge in [0.1, 0.15) is 11.9 Å². The van der Waals surface area contributed by atoms with Crippen molar-refractivity contribution >= 4 is 15.7 Å². The quantitative estimate of drug-likeness (QED) is 0.886. The molecule has 0 unspecified atom stereocenters. The topological polar surface area (TPSA) is 92.1 Å². The first-order valence-corrected chi connectivity index (χ1v) is 8.06. The number of anilines is 1. The molecular weight excluding hydrogens is 278 g/mol. The third-order valence-corrected chi connectivity index (χ3v) is 5.09. The van der Waals surface area contributed by atoms with Gasteiger partial charge in [-0.2, -0.15) is 5.26 Å². The largest absolute Gasteiger partial charge is 0.378 e. The number of rotatable bonds is 3. The molecule has 1 aromatic heterocycles. The molecule has 1 aliphatic heterocycles. The van der Waals surface area contributed by atoms with E-state index in [0.717, 1.165) is 11.3 Å². The predicted octanol–water partition coefficient (Wildman–Crippen LogP) is 0.794. The predicted molar refractivity (Wildman–Crippen MR) is 75.3 cm³/mol. The first-order valence-electron chi connectivity index (χ1n) is 6.24. The number of ether oxygens (including phenoxy) is 1. The van der Waals surface area contributed by atoms with Crippen LogP contribution in [0.5, 0.6) is 0 Å². The summed E-state index contributed by atoms with van der Waals surface area (Å²) >= 11 is 0. The van der Waals surface area contributed by atoms with E-state index in [1.54, 1.807) is 0 Å². The van der Waals surface area contributed by atoms with E-state index >= 15 is 0 Å². The summed E-state index contributed by atoms with van der Waals surface area (Å²) in [6, 6.07) is 3.54. The molecular formula is C13H17N3O3S. The van der Waals surface area contributed by atoms with E-state index < -0.39 is 15.9 Å². The minimum atomic E-state index is -3.11. The van der Waals surface area contributed by atoms with Gasteiger partial charge in [0.25, 0.3) is 0 Å². The summed E-state index contributed by atoms with van der Waals surface area (Å²) in [6.45, 7) is 3.66. The SMILES string of the molecule is CO[C@@H]1CS(=O)(=O)C[C@H]1Nc1nc(C)cc(C)c1C#N. The van der Waals surface area contributed by atoms with Crippen LogP contribution in [0, 0.1) is 25.2 Å². The Hall–Kier alpha value is -1.65. The summed E-state index contributed by atoms with van der Waals surface area (Å²) in [5, 5.41) is 12.3. The Kier molecular flexibility index (Phi) is 3.97. The maximum atomic E-state index is 11.7. The normalized spacial score (nSPS) is 24.3. The number of methoxy groups -OCH3 is 1. The van der Waals surface area contributed by atoms with Crippen molar-refractivity contribution in [3.05, 3.63) is 22.9 Å². The molecule has 2 rings (SSSR count). The van der Waals surface area contributed by atoms with Crippen LogP contribution in [-0.4, -0.2) is 44.2 Å². The van der Waals surface area contributed by atoms with Gasteiger partial charge in [0.2, 0.25) is 0 Å². The molecule has 0 aliphatic carbocycles. The molecule has 1 fully saturated rings.